The van der Waals surface area contributed by atoms with Crippen molar-refractivity contribution in [1.29, 1.82) is 0 Å². The average Bonchev–Trinajstić information content (AvgIpc) is 3.24. The minimum absolute atomic E-state index is 0.142. The molecule has 0 spiro atoms. The highest BCUT2D eigenvalue weighted by atomic mass is 16.7. The van der Waals surface area contributed by atoms with E-state index in [1.165, 1.54) is 96.3 Å². The van der Waals surface area contributed by atoms with Crippen molar-refractivity contribution in [2.75, 3.05) is 47.5 Å². The monoisotopic (exact) mass is 886 g/mol. The van der Waals surface area contributed by atoms with Crippen molar-refractivity contribution in [1.82, 2.24) is 0 Å². The summed E-state index contributed by atoms with van der Waals surface area (Å²) in [5, 5.41) is 11.7. The molecule has 9 heteroatoms. The fourth-order valence-electron chi connectivity index (χ4n) is 6.81. The summed E-state index contributed by atoms with van der Waals surface area (Å²) in [7, 11) is 5.90. The van der Waals surface area contributed by atoms with E-state index >= 15 is 0 Å². The maximum atomic E-state index is 12.8. The summed E-state index contributed by atoms with van der Waals surface area (Å²) in [6.45, 7) is 4.60. The van der Waals surface area contributed by atoms with E-state index in [1.807, 2.05) is 21.1 Å². The standard InChI is InChI=1S/C54H95NO8/c1-6-8-10-12-14-16-18-20-22-23-24-25-26-27-28-29-31-32-34-36-38-40-42-44-51(56)61-48-50(49-62-54(53(58)59)60-47-46-55(3,4)5)63-52(57)45-43-41-39-37-35-33-30-21-19-17-15-13-11-9-7-2/h9,11,15,17-18,20-21,23-24,30,50,54H,6-8,10,12-14,16,19,22,25-29,31-49H2,1-5H3/b11-9-,17-15-,20-18-,24-23-,30-21-. The smallest absolute Gasteiger partial charge is 0.306 e. The van der Waals surface area contributed by atoms with Crippen LogP contribution in [0, 0.1) is 0 Å². The van der Waals surface area contributed by atoms with E-state index in [4.69, 9.17) is 18.9 Å². The van der Waals surface area contributed by atoms with E-state index in [2.05, 4.69) is 74.6 Å². The third-order valence-corrected chi connectivity index (χ3v) is 10.7. The van der Waals surface area contributed by atoms with Crippen molar-refractivity contribution >= 4 is 17.9 Å². The van der Waals surface area contributed by atoms with E-state index in [9.17, 15) is 19.5 Å². The van der Waals surface area contributed by atoms with Gasteiger partial charge >= 0.3 is 11.9 Å². The number of carbonyl (C=O) groups excluding carboxylic acids is 3. The lowest BCUT2D eigenvalue weighted by molar-refractivity contribution is -0.870. The Kier molecular flexibility index (Phi) is 43.4. The van der Waals surface area contributed by atoms with Crippen LogP contribution >= 0.6 is 0 Å². The van der Waals surface area contributed by atoms with Crippen LogP contribution in [-0.4, -0.2) is 82.3 Å². The van der Waals surface area contributed by atoms with Gasteiger partial charge in [0.1, 0.15) is 13.2 Å². The van der Waals surface area contributed by atoms with Gasteiger partial charge in [-0.3, -0.25) is 9.59 Å². The predicted molar refractivity (Wildman–Crippen MR) is 260 cm³/mol. The molecule has 364 valence electrons. The summed E-state index contributed by atoms with van der Waals surface area (Å²) in [4.78, 5) is 37.1. The number of likely N-dealkylation sites (N-methyl/N-ethyl adjacent to an activating group) is 1. The zero-order chi connectivity index (χ0) is 46.3. The van der Waals surface area contributed by atoms with Gasteiger partial charge in [-0.05, 0) is 77.0 Å². The highest BCUT2D eigenvalue weighted by molar-refractivity contribution is 5.70. The molecule has 2 unspecified atom stereocenters. The molecule has 0 aromatic carbocycles. The Morgan fingerprint density at radius 2 is 0.905 bits per heavy atom. The summed E-state index contributed by atoms with van der Waals surface area (Å²) >= 11 is 0. The summed E-state index contributed by atoms with van der Waals surface area (Å²) < 4.78 is 22.6. The molecule has 0 aliphatic heterocycles. The van der Waals surface area contributed by atoms with Crippen LogP contribution in [-0.2, 0) is 33.3 Å². The molecule has 0 saturated heterocycles. The van der Waals surface area contributed by atoms with Crippen molar-refractivity contribution in [3.63, 3.8) is 0 Å². The molecule has 0 aromatic heterocycles. The Hall–Kier alpha value is -3.01. The molecular formula is C54H95NO8. The van der Waals surface area contributed by atoms with Crippen molar-refractivity contribution in [3.8, 4) is 0 Å². The van der Waals surface area contributed by atoms with Gasteiger partial charge < -0.3 is 33.3 Å². The summed E-state index contributed by atoms with van der Waals surface area (Å²) in [6.07, 6.45) is 52.6. The third kappa shape index (κ3) is 46.8. The number of rotatable bonds is 46. The Bertz CT molecular complexity index is 1220. The van der Waals surface area contributed by atoms with Crippen molar-refractivity contribution in [2.24, 2.45) is 0 Å². The lowest BCUT2D eigenvalue weighted by Gasteiger charge is -2.26. The van der Waals surface area contributed by atoms with Crippen LogP contribution in [0.4, 0.5) is 0 Å². The highest BCUT2D eigenvalue weighted by Crippen LogP contribution is 2.14. The van der Waals surface area contributed by atoms with Crippen LogP contribution in [0.2, 0.25) is 0 Å². The second-order valence-corrected chi connectivity index (χ2v) is 18.1. The van der Waals surface area contributed by atoms with Gasteiger partial charge in [-0.1, -0.05) is 177 Å². The Morgan fingerprint density at radius 3 is 1.35 bits per heavy atom. The predicted octanol–water partition coefficient (Wildman–Crippen LogP) is 12.8. The Morgan fingerprint density at radius 1 is 0.492 bits per heavy atom. The van der Waals surface area contributed by atoms with Crippen molar-refractivity contribution in [3.05, 3.63) is 60.8 Å². The number of nitrogens with zero attached hydrogens (tertiary/aromatic N) is 1. The van der Waals surface area contributed by atoms with E-state index in [0.29, 0.717) is 17.4 Å². The number of hydrogen-bond donors (Lipinski definition) is 0. The maximum Gasteiger partial charge on any atom is 0.306 e. The molecule has 0 aromatic rings. The summed E-state index contributed by atoms with van der Waals surface area (Å²) in [5.41, 5.74) is 0. The summed E-state index contributed by atoms with van der Waals surface area (Å²) in [6, 6.07) is 0. The van der Waals surface area contributed by atoms with E-state index in [0.717, 1.165) is 77.0 Å². The molecular weight excluding hydrogens is 791 g/mol. The number of unbranched alkanes of at least 4 members (excludes halogenated alkanes) is 21. The molecule has 0 bridgehead atoms. The lowest BCUT2D eigenvalue weighted by Crippen LogP contribution is -2.44. The minimum Gasteiger partial charge on any atom is -0.545 e. The number of allylic oxidation sites excluding steroid dienone is 10. The zero-order valence-corrected chi connectivity index (χ0v) is 41.2. The number of quaternary nitrogens is 1. The molecule has 2 atom stereocenters. The van der Waals surface area contributed by atoms with Gasteiger partial charge in [0.2, 0.25) is 0 Å². The van der Waals surface area contributed by atoms with E-state index in [-0.39, 0.29) is 38.6 Å². The average molecular weight is 886 g/mol. The topological polar surface area (TPSA) is 111 Å². The van der Waals surface area contributed by atoms with Crippen molar-refractivity contribution in [2.45, 2.75) is 219 Å². The van der Waals surface area contributed by atoms with Gasteiger partial charge in [0.05, 0.1) is 40.3 Å². The highest BCUT2D eigenvalue weighted by Gasteiger charge is 2.21. The number of carboxylic acids is 1. The number of carbonyl (C=O) groups is 3. The number of carboxylic acid groups (broad SMARTS) is 1. The summed E-state index contributed by atoms with van der Waals surface area (Å²) in [5.74, 6) is -2.31. The fraction of sp³-hybridized carbons (Fsp3) is 0.759. The van der Waals surface area contributed by atoms with Gasteiger partial charge in [-0.2, -0.15) is 0 Å². The van der Waals surface area contributed by atoms with Crippen molar-refractivity contribution < 1.29 is 42.9 Å². The Labute approximate surface area is 386 Å². The van der Waals surface area contributed by atoms with E-state index < -0.39 is 24.3 Å². The molecule has 0 fully saturated rings. The van der Waals surface area contributed by atoms with Crippen LogP contribution in [0.25, 0.3) is 0 Å². The number of esters is 2. The number of hydrogen-bond acceptors (Lipinski definition) is 8. The third-order valence-electron chi connectivity index (χ3n) is 10.7. The quantitative estimate of drug-likeness (QED) is 0.0195. The molecule has 0 N–H and O–H groups in total. The second-order valence-electron chi connectivity index (χ2n) is 18.1. The first kappa shape index (κ1) is 60.0. The first-order valence-corrected chi connectivity index (χ1v) is 25.4. The molecule has 63 heavy (non-hydrogen) atoms. The molecule has 0 amide bonds. The number of aliphatic carboxylic acids is 1. The fourth-order valence-corrected chi connectivity index (χ4v) is 6.81. The van der Waals surface area contributed by atoms with Crippen LogP contribution in [0.1, 0.15) is 206 Å². The van der Waals surface area contributed by atoms with Crippen LogP contribution in [0.5, 0.6) is 0 Å². The normalized spacial score (nSPS) is 13.3. The Balaban J connectivity index is 4.32. The molecule has 0 rings (SSSR count). The first-order valence-electron chi connectivity index (χ1n) is 25.4. The molecule has 0 saturated carbocycles. The first-order chi connectivity index (χ1) is 30.6. The minimum atomic E-state index is -1.63. The zero-order valence-electron chi connectivity index (χ0n) is 41.2. The molecule has 0 aliphatic rings. The maximum absolute atomic E-state index is 12.8. The molecule has 0 radical (unpaired) electrons. The number of ether oxygens (including phenoxy) is 4. The van der Waals surface area contributed by atoms with Gasteiger partial charge in [0, 0.05) is 12.8 Å². The lowest BCUT2D eigenvalue weighted by atomic mass is 10.0. The van der Waals surface area contributed by atoms with Gasteiger partial charge in [0.25, 0.3) is 0 Å². The largest absolute Gasteiger partial charge is 0.545 e. The molecule has 0 aliphatic carbocycles. The van der Waals surface area contributed by atoms with Crippen LogP contribution < -0.4 is 5.11 Å². The van der Waals surface area contributed by atoms with E-state index in [1.54, 1.807) is 0 Å². The molecule has 9 nitrogen and oxygen atoms in total. The van der Waals surface area contributed by atoms with Crippen LogP contribution in [0.3, 0.4) is 0 Å². The SMILES string of the molecule is CC/C=C\C/C=C\C/C=C\CCCCCCCC(=O)OC(COC(=O)CCCCCCCCCCCCC/C=C\C/C=C\CCCCCCC)COC(OCC[N+](C)(C)C)C(=O)[O-]. The van der Waals surface area contributed by atoms with Gasteiger partial charge in [-0.15, -0.1) is 0 Å². The second kappa shape index (κ2) is 45.6. The molecule has 0 heterocycles. The van der Waals surface area contributed by atoms with Gasteiger partial charge in [-0.25, -0.2) is 0 Å². The van der Waals surface area contributed by atoms with Crippen LogP contribution in [0.15, 0.2) is 60.8 Å². The van der Waals surface area contributed by atoms with Gasteiger partial charge in [0.15, 0.2) is 12.4 Å².